The highest BCUT2D eigenvalue weighted by Crippen LogP contribution is 2.29. The van der Waals surface area contributed by atoms with Gasteiger partial charge in [0.25, 0.3) is 0 Å². The van der Waals surface area contributed by atoms with Crippen molar-refractivity contribution in [1.82, 2.24) is 0 Å². The summed E-state index contributed by atoms with van der Waals surface area (Å²) in [5, 5.41) is 0. The van der Waals surface area contributed by atoms with Gasteiger partial charge < -0.3 is 5.73 Å². The first kappa shape index (κ1) is 9.25. The van der Waals surface area contributed by atoms with Crippen molar-refractivity contribution in [2.75, 3.05) is 5.73 Å². The smallest absolute Gasteiger partial charge is 0.160 e. The third kappa shape index (κ3) is 1.41. The first-order valence-electron chi connectivity index (χ1n) is 5.11. The number of rotatable bonds is 1. The Labute approximate surface area is 84.1 Å². The number of carbonyl (C=O) groups excluding carboxylic acids is 1. The Morgan fingerprint density at radius 1 is 1.21 bits per heavy atom. The van der Waals surface area contributed by atoms with Gasteiger partial charge in [0.05, 0.1) is 0 Å². The summed E-state index contributed by atoms with van der Waals surface area (Å²) < 4.78 is 0. The van der Waals surface area contributed by atoms with E-state index >= 15 is 0 Å². The van der Waals surface area contributed by atoms with Crippen molar-refractivity contribution in [3.63, 3.8) is 0 Å². The number of ketones is 1. The molecule has 0 aliphatic heterocycles. The molecule has 1 aliphatic carbocycles. The van der Waals surface area contributed by atoms with Gasteiger partial charge in [-0.1, -0.05) is 0 Å². The summed E-state index contributed by atoms with van der Waals surface area (Å²) in [6, 6.07) is 3.72. The summed E-state index contributed by atoms with van der Waals surface area (Å²) >= 11 is 0. The van der Waals surface area contributed by atoms with E-state index in [2.05, 4.69) is 0 Å². The average molecular weight is 189 g/mol. The molecule has 0 atom stereocenters. The first-order valence-corrected chi connectivity index (χ1v) is 5.11. The molecule has 0 saturated carbocycles. The highest BCUT2D eigenvalue weighted by atomic mass is 16.1. The minimum atomic E-state index is 0.156. The summed E-state index contributed by atoms with van der Waals surface area (Å²) in [7, 11) is 0. The molecule has 0 heterocycles. The lowest BCUT2D eigenvalue weighted by molar-refractivity contribution is 0.101. The van der Waals surface area contributed by atoms with E-state index in [1.165, 1.54) is 24.0 Å². The van der Waals surface area contributed by atoms with Gasteiger partial charge in [0.15, 0.2) is 5.78 Å². The molecule has 74 valence electrons. The topological polar surface area (TPSA) is 43.1 Å². The van der Waals surface area contributed by atoms with Crippen LogP contribution in [0.2, 0.25) is 0 Å². The van der Waals surface area contributed by atoms with Crippen LogP contribution in [0.4, 0.5) is 5.69 Å². The summed E-state index contributed by atoms with van der Waals surface area (Å²) in [6.07, 6.45) is 4.41. The van der Waals surface area contributed by atoms with Crippen LogP contribution < -0.4 is 5.73 Å². The predicted molar refractivity (Wildman–Crippen MR) is 57.5 cm³/mol. The number of nitrogen functional groups attached to an aromatic ring is 1. The van der Waals surface area contributed by atoms with Gasteiger partial charge in [-0.05, 0) is 55.9 Å². The molecule has 0 spiro atoms. The molecule has 0 saturated heterocycles. The molecule has 0 unspecified atom stereocenters. The number of nitrogens with two attached hydrogens (primary N) is 1. The van der Waals surface area contributed by atoms with Crippen molar-refractivity contribution in [3.05, 3.63) is 28.8 Å². The molecule has 2 nitrogen and oxygen atoms in total. The van der Waals surface area contributed by atoms with Crippen molar-refractivity contribution in [2.24, 2.45) is 0 Å². The van der Waals surface area contributed by atoms with Gasteiger partial charge in [-0.15, -0.1) is 0 Å². The van der Waals surface area contributed by atoms with Gasteiger partial charge in [0.1, 0.15) is 0 Å². The Hall–Kier alpha value is -1.31. The summed E-state index contributed by atoms with van der Waals surface area (Å²) in [5.74, 6) is 0.156. The number of hydrogen-bond acceptors (Lipinski definition) is 2. The van der Waals surface area contributed by atoms with E-state index in [0.717, 1.165) is 24.1 Å². The Balaban J connectivity index is 2.59. The van der Waals surface area contributed by atoms with Crippen LogP contribution in [0.1, 0.15) is 41.3 Å². The molecule has 0 amide bonds. The van der Waals surface area contributed by atoms with Crippen LogP contribution in [0.5, 0.6) is 0 Å². The number of fused-ring (bicyclic) bond motifs is 1. The summed E-state index contributed by atoms with van der Waals surface area (Å²) in [6.45, 7) is 1.63. The monoisotopic (exact) mass is 189 g/mol. The van der Waals surface area contributed by atoms with E-state index in [1.54, 1.807) is 6.92 Å². The standard InChI is InChI=1S/C12H15NO/c1-8(14)9-6-7-12(13)11-5-3-2-4-10(9)11/h6-7H,2-5,13H2,1H3. The fourth-order valence-electron chi connectivity index (χ4n) is 2.23. The molecule has 0 aromatic heterocycles. The largest absolute Gasteiger partial charge is 0.398 e. The number of carbonyl (C=O) groups is 1. The normalized spacial score (nSPS) is 14.9. The van der Waals surface area contributed by atoms with E-state index in [9.17, 15) is 4.79 Å². The van der Waals surface area contributed by atoms with Crippen LogP contribution >= 0.6 is 0 Å². The van der Waals surface area contributed by atoms with Crippen LogP contribution in [0.15, 0.2) is 12.1 Å². The Morgan fingerprint density at radius 3 is 2.50 bits per heavy atom. The van der Waals surface area contributed by atoms with Gasteiger partial charge in [0, 0.05) is 11.3 Å². The van der Waals surface area contributed by atoms with E-state index in [1.807, 2.05) is 12.1 Å². The maximum absolute atomic E-state index is 11.4. The van der Waals surface area contributed by atoms with Crippen molar-refractivity contribution < 1.29 is 4.79 Å². The fourth-order valence-corrected chi connectivity index (χ4v) is 2.23. The molecule has 2 rings (SSSR count). The Bertz CT molecular complexity index is 382. The highest BCUT2D eigenvalue weighted by molar-refractivity contribution is 5.96. The van der Waals surface area contributed by atoms with Gasteiger partial charge in [-0.25, -0.2) is 0 Å². The zero-order valence-electron chi connectivity index (χ0n) is 8.47. The van der Waals surface area contributed by atoms with Crippen molar-refractivity contribution in [1.29, 1.82) is 0 Å². The highest BCUT2D eigenvalue weighted by Gasteiger charge is 2.17. The van der Waals surface area contributed by atoms with Gasteiger partial charge in [0.2, 0.25) is 0 Å². The third-order valence-electron chi connectivity index (χ3n) is 2.95. The first-order chi connectivity index (χ1) is 6.70. The van der Waals surface area contributed by atoms with Crippen LogP contribution in [0.3, 0.4) is 0 Å². The second-order valence-electron chi connectivity index (χ2n) is 3.92. The van der Waals surface area contributed by atoms with E-state index in [4.69, 9.17) is 5.73 Å². The lowest BCUT2D eigenvalue weighted by Crippen LogP contribution is -2.11. The molecule has 1 aromatic carbocycles. The molecule has 1 aromatic rings. The average Bonchev–Trinajstić information content (AvgIpc) is 2.18. The molecule has 2 N–H and O–H groups in total. The predicted octanol–water partition coefficient (Wildman–Crippen LogP) is 2.35. The number of anilines is 1. The quantitative estimate of drug-likeness (QED) is 0.544. The summed E-state index contributed by atoms with van der Waals surface area (Å²) in [4.78, 5) is 11.4. The second-order valence-corrected chi connectivity index (χ2v) is 3.92. The van der Waals surface area contributed by atoms with Crippen molar-refractivity contribution >= 4 is 11.5 Å². The van der Waals surface area contributed by atoms with Gasteiger partial charge in [-0.3, -0.25) is 4.79 Å². The molecule has 0 radical (unpaired) electrons. The lowest BCUT2D eigenvalue weighted by atomic mass is 9.86. The molecule has 14 heavy (non-hydrogen) atoms. The SMILES string of the molecule is CC(=O)c1ccc(N)c2c1CCCC2. The molecule has 2 heteroatoms. The van der Waals surface area contributed by atoms with Crippen molar-refractivity contribution in [2.45, 2.75) is 32.6 Å². The van der Waals surface area contributed by atoms with Gasteiger partial charge in [-0.2, -0.15) is 0 Å². The van der Waals surface area contributed by atoms with Crippen LogP contribution in [-0.4, -0.2) is 5.78 Å². The van der Waals surface area contributed by atoms with Crippen LogP contribution in [0, 0.1) is 0 Å². The van der Waals surface area contributed by atoms with Crippen LogP contribution in [-0.2, 0) is 12.8 Å². The molecular formula is C12H15NO. The molecule has 1 aliphatic rings. The van der Waals surface area contributed by atoms with Crippen molar-refractivity contribution in [3.8, 4) is 0 Å². The maximum atomic E-state index is 11.4. The third-order valence-corrected chi connectivity index (χ3v) is 2.95. The lowest BCUT2D eigenvalue weighted by Gasteiger charge is -2.20. The molecule has 0 fully saturated rings. The minimum absolute atomic E-state index is 0.156. The number of hydrogen-bond donors (Lipinski definition) is 1. The fraction of sp³-hybridized carbons (Fsp3) is 0.417. The number of benzene rings is 1. The molecule has 0 bridgehead atoms. The molecular weight excluding hydrogens is 174 g/mol. The Kier molecular flexibility index (Phi) is 2.28. The zero-order chi connectivity index (χ0) is 10.1. The minimum Gasteiger partial charge on any atom is -0.398 e. The van der Waals surface area contributed by atoms with Crippen LogP contribution in [0.25, 0.3) is 0 Å². The number of Topliss-reactive ketones (excluding diaryl/α,β-unsaturated/α-hetero) is 1. The van der Waals surface area contributed by atoms with E-state index in [-0.39, 0.29) is 5.78 Å². The van der Waals surface area contributed by atoms with Gasteiger partial charge >= 0.3 is 0 Å². The van der Waals surface area contributed by atoms with E-state index < -0.39 is 0 Å². The maximum Gasteiger partial charge on any atom is 0.160 e. The zero-order valence-corrected chi connectivity index (χ0v) is 8.47. The second kappa shape index (κ2) is 3.45. The van der Waals surface area contributed by atoms with E-state index in [0.29, 0.717) is 0 Å². The Morgan fingerprint density at radius 2 is 1.86 bits per heavy atom. The summed E-state index contributed by atoms with van der Waals surface area (Å²) in [5.41, 5.74) is 10.0.